The number of halogens is 1. The number of hydrogen-bond acceptors (Lipinski definition) is 2. The molecule has 4 unspecified atom stereocenters. The van der Waals surface area contributed by atoms with Crippen molar-refractivity contribution in [3.8, 4) is 0 Å². The standard InChI is InChI=1S/C14H22BrNS/c1-4-11-5-6-12(9(11)2)16-10(3)13-7-8-14(15)17-13/h7-12,16H,4-6H2,1-3H3. The molecule has 0 amide bonds. The molecule has 0 bridgehead atoms. The largest absolute Gasteiger partial charge is 0.306 e. The van der Waals surface area contributed by atoms with E-state index < -0.39 is 0 Å². The first-order valence-corrected chi connectivity index (χ1v) is 8.24. The zero-order valence-corrected chi connectivity index (χ0v) is 13.3. The number of thiophene rings is 1. The first-order valence-electron chi connectivity index (χ1n) is 6.63. The fourth-order valence-electron chi connectivity index (χ4n) is 3.02. The van der Waals surface area contributed by atoms with Gasteiger partial charge in [-0.05, 0) is 59.7 Å². The van der Waals surface area contributed by atoms with Crippen LogP contribution >= 0.6 is 27.3 Å². The van der Waals surface area contributed by atoms with Crippen molar-refractivity contribution in [3.05, 3.63) is 20.8 Å². The van der Waals surface area contributed by atoms with Crippen LogP contribution in [0.5, 0.6) is 0 Å². The van der Waals surface area contributed by atoms with E-state index in [1.54, 1.807) is 0 Å². The summed E-state index contributed by atoms with van der Waals surface area (Å²) >= 11 is 5.38. The highest BCUT2D eigenvalue weighted by atomic mass is 79.9. The lowest BCUT2D eigenvalue weighted by molar-refractivity contribution is 0.328. The maximum absolute atomic E-state index is 3.81. The average molecular weight is 316 g/mol. The lowest BCUT2D eigenvalue weighted by Gasteiger charge is -2.24. The highest BCUT2D eigenvalue weighted by Gasteiger charge is 2.32. The maximum Gasteiger partial charge on any atom is 0.0701 e. The molecule has 1 fully saturated rings. The molecule has 0 saturated heterocycles. The molecule has 0 radical (unpaired) electrons. The minimum atomic E-state index is 0.481. The number of hydrogen-bond donors (Lipinski definition) is 1. The Morgan fingerprint density at radius 1 is 1.47 bits per heavy atom. The fraction of sp³-hybridized carbons (Fsp3) is 0.714. The van der Waals surface area contributed by atoms with E-state index >= 15 is 0 Å². The Morgan fingerprint density at radius 2 is 2.24 bits per heavy atom. The summed E-state index contributed by atoms with van der Waals surface area (Å²) in [7, 11) is 0. The third kappa shape index (κ3) is 3.12. The van der Waals surface area contributed by atoms with Crippen LogP contribution < -0.4 is 5.32 Å². The number of nitrogens with one attached hydrogen (secondary N) is 1. The summed E-state index contributed by atoms with van der Waals surface area (Å²) < 4.78 is 1.23. The highest BCUT2D eigenvalue weighted by Crippen LogP contribution is 2.36. The average Bonchev–Trinajstić information content (AvgIpc) is 2.87. The molecule has 1 N–H and O–H groups in total. The first-order chi connectivity index (χ1) is 8.11. The topological polar surface area (TPSA) is 12.0 Å². The van der Waals surface area contributed by atoms with Crippen molar-refractivity contribution >= 4 is 27.3 Å². The van der Waals surface area contributed by atoms with Crippen molar-refractivity contribution in [1.82, 2.24) is 5.32 Å². The van der Waals surface area contributed by atoms with Crippen molar-refractivity contribution < 1.29 is 0 Å². The SMILES string of the molecule is CCC1CCC(NC(C)c2ccc(Br)s2)C1C. The summed E-state index contributed by atoms with van der Waals surface area (Å²) in [6.45, 7) is 7.02. The Morgan fingerprint density at radius 3 is 2.76 bits per heavy atom. The Labute approximate surface area is 117 Å². The molecule has 0 spiro atoms. The molecule has 17 heavy (non-hydrogen) atoms. The monoisotopic (exact) mass is 315 g/mol. The number of rotatable bonds is 4. The van der Waals surface area contributed by atoms with Crippen molar-refractivity contribution in [3.63, 3.8) is 0 Å². The molecule has 1 saturated carbocycles. The first kappa shape index (κ1) is 13.6. The lowest BCUT2D eigenvalue weighted by atomic mass is 9.93. The smallest absolute Gasteiger partial charge is 0.0701 e. The van der Waals surface area contributed by atoms with Crippen LogP contribution in [-0.2, 0) is 0 Å². The van der Waals surface area contributed by atoms with Gasteiger partial charge in [0.1, 0.15) is 0 Å². The maximum atomic E-state index is 3.81. The highest BCUT2D eigenvalue weighted by molar-refractivity contribution is 9.11. The second-order valence-electron chi connectivity index (χ2n) is 5.24. The molecule has 1 heterocycles. The molecular weight excluding hydrogens is 294 g/mol. The quantitative estimate of drug-likeness (QED) is 0.825. The van der Waals surface area contributed by atoms with Crippen LogP contribution in [0.3, 0.4) is 0 Å². The predicted molar refractivity (Wildman–Crippen MR) is 79.5 cm³/mol. The Hall–Kier alpha value is 0.140. The van der Waals surface area contributed by atoms with Crippen LogP contribution in [0.15, 0.2) is 15.9 Å². The zero-order valence-electron chi connectivity index (χ0n) is 10.9. The van der Waals surface area contributed by atoms with Gasteiger partial charge in [-0.25, -0.2) is 0 Å². The summed E-state index contributed by atoms with van der Waals surface area (Å²) in [4.78, 5) is 1.43. The van der Waals surface area contributed by atoms with Gasteiger partial charge in [0.15, 0.2) is 0 Å². The Bertz CT molecular complexity index is 363. The van der Waals surface area contributed by atoms with E-state index in [4.69, 9.17) is 0 Å². The van der Waals surface area contributed by atoms with E-state index in [0.717, 1.165) is 11.8 Å². The summed E-state index contributed by atoms with van der Waals surface area (Å²) in [5, 5.41) is 3.81. The van der Waals surface area contributed by atoms with Crippen molar-refractivity contribution in [2.75, 3.05) is 0 Å². The van der Waals surface area contributed by atoms with Gasteiger partial charge in [-0.3, -0.25) is 0 Å². The third-order valence-corrected chi connectivity index (χ3v) is 6.04. The molecule has 1 aromatic rings. The molecule has 0 aliphatic heterocycles. The molecule has 1 aromatic heterocycles. The van der Waals surface area contributed by atoms with Gasteiger partial charge < -0.3 is 5.32 Å². The van der Waals surface area contributed by atoms with E-state index in [1.807, 2.05) is 11.3 Å². The van der Waals surface area contributed by atoms with Gasteiger partial charge in [0, 0.05) is 17.0 Å². The molecule has 0 aromatic carbocycles. The van der Waals surface area contributed by atoms with Gasteiger partial charge in [0.25, 0.3) is 0 Å². The zero-order chi connectivity index (χ0) is 12.4. The van der Waals surface area contributed by atoms with E-state index in [1.165, 1.54) is 27.9 Å². The van der Waals surface area contributed by atoms with E-state index in [2.05, 4.69) is 54.2 Å². The molecule has 1 aliphatic carbocycles. The molecule has 4 atom stereocenters. The molecule has 3 heteroatoms. The van der Waals surface area contributed by atoms with E-state index in [0.29, 0.717) is 12.1 Å². The minimum Gasteiger partial charge on any atom is -0.306 e. The summed E-state index contributed by atoms with van der Waals surface area (Å²) in [5.74, 6) is 1.75. The second-order valence-corrected chi connectivity index (χ2v) is 7.74. The van der Waals surface area contributed by atoms with E-state index in [9.17, 15) is 0 Å². The van der Waals surface area contributed by atoms with Crippen LogP contribution in [0.25, 0.3) is 0 Å². The van der Waals surface area contributed by atoms with Gasteiger partial charge in [-0.15, -0.1) is 11.3 Å². The summed E-state index contributed by atoms with van der Waals surface area (Å²) in [5.41, 5.74) is 0. The molecule has 2 rings (SSSR count). The molecular formula is C14H22BrNS. The van der Waals surface area contributed by atoms with Crippen LogP contribution in [0.2, 0.25) is 0 Å². The second kappa shape index (κ2) is 5.85. The Balaban J connectivity index is 1.93. The van der Waals surface area contributed by atoms with Crippen molar-refractivity contribution in [2.45, 2.75) is 52.1 Å². The van der Waals surface area contributed by atoms with E-state index in [-0.39, 0.29) is 0 Å². The summed E-state index contributed by atoms with van der Waals surface area (Å²) in [6.07, 6.45) is 4.07. The predicted octanol–water partition coefficient (Wildman–Crippen LogP) is 4.99. The minimum absolute atomic E-state index is 0.481. The third-order valence-electron chi connectivity index (χ3n) is 4.24. The van der Waals surface area contributed by atoms with Gasteiger partial charge in [-0.2, -0.15) is 0 Å². The fourth-order valence-corrected chi connectivity index (χ4v) is 4.46. The van der Waals surface area contributed by atoms with Gasteiger partial charge >= 0.3 is 0 Å². The van der Waals surface area contributed by atoms with Gasteiger partial charge in [-0.1, -0.05) is 20.3 Å². The van der Waals surface area contributed by atoms with Crippen LogP contribution in [0.1, 0.15) is 51.0 Å². The van der Waals surface area contributed by atoms with Crippen LogP contribution in [-0.4, -0.2) is 6.04 Å². The molecule has 1 aliphatic rings. The van der Waals surface area contributed by atoms with Gasteiger partial charge in [0.05, 0.1) is 3.79 Å². The summed E-state index contributed by atoms with van der Waals surface area (Å²) in [6, 6.07) is 5.55. The van der Waals surface area contributed by atoms with Crippen LogP contribution in [0, 0.1) is 11.8 Å². The Kier molecular flexibility index (Phi) is 4.67. The normalized spacial score (nSPS) is 30.7. The van der Waals surface area contributed by atoms with Crippen molar-refractivity contribution in [2.24, 2.45) is 11.8 Å². The van der Waals surface area contributed by atoms with Crippen molar-refractivity contribution in [1.29, 1.82) is 0 Å². The lowest BCUT2D eigenvalue weighted by Crippen LogP contribution is -2.34. The molecule has 96 valence electrons. The van der Waals surface area contributed by atoms with Gasteiger partial charge in [0.2, 0.25) is 0 Å². The van der Waals surface area contributed by atoms with Crippen LogP contribution in [0.4, 0.5) is 0 Å². The molecule has 1 nitrogen and oxygen atoms in total.